The Morgan fingerprint density at radius 2 is 1.65 bits per heavy atom. The number of hydrogen-bond donors (Lipinski definition) is 2. The third-order valence-electron chi connectivity index (χ3n) is 6.29. The van der Waals surface area contributed by atoms with Crippen LogP contribution in [-0.2, 0) is 6.54 Å². The summed E-state index contributed by atoms with van der Waals surface area (Å²) >= 11 is 6.22. The number of hydrogen-bond acceptors (Lipinski definition) is 5. The molecule has 0 spiro atoms. The molecule has 2 aromatic rings. The van der Waals surface area contributed by atoms with Crippen molar-refractivity contribution in [1.29, 1.82) is 0 Å². The molecule has 6 nitrogen and oxygen atoms in total. The number of rotatable bonds is 10. The molecule has 0 bridgehead atoms. The highest BCUT2D eigenvalue weighted by Gasteiger charge is 2.31. The first-order valence-electron chi connectivity index (χ1n) is 13.5. The Kier molecular flexibility index (Phi) is 12.5. The maximum atomic E-state index is 12.9. The molecule has 210 valence electrons. The molecule has 0 aromatic heterocycles. The van der Waals surface area contributed by atoms with E-state index in [1.54, 1.807) is 54.7 Å². The number of carbonyl (C=O) groups is 3. The second-order valence-corrected chi connectivity index (χ2v) is 9.38. The number of nitrogens with one attached hydrogen (secondary N) is 2. The molecular weight excluding hydrogens is 522 g/mol. The van der Waals surface area contributed by atoms with Gasteiger partial charge in [-0.05, 0) is 37.5 Å². The Bertz CT molecular complexity index is 1380. The molecule has 0 aliphatic heterocycles. The molecule has 2 N–H and O–H groups in total. The molecule has 40 heavy (non-hydrogen) atoms. The molecule has 1 amide bonds. The van der Waals surface area contributed by atoms with Gasteiger partial charge >= 0.3 is 0 Å². The van der Waals surface area contributed by atoms with Crippen LogP contribution in [0.5, 0.6) is 0 Å². The highest BCUT2D eigenvalue weighted by Crippen LogP contribution is 2.27. The largest absolute Gasteiger partial charge is 0.376 e. The lowest BCUT2D eigenvalue weighted by molar-refractivity contribution is 0.0966. The average molecular weight is 560 g/mol. The van der Waals surface area contributed by atoms with Gasteiger partial charge in [-0.3, -0.25) is 19.4 Å². The van der Waals surface area contributed by atoms with Crippen molar-refractivity contribution in [3.63, 3.8) is 0 Å². The van der Waals surface area contributed by atoms with Gasteiger partial charge in [-0.15, -0.1) is 0 Å². The number of amides is 1. The van der Waals surface area contributed by atoms with Crippen LogP contribution in [0.4, 0.5) is 0 Å². The van der Waals surface area contributed by atoms with Crippen LogP contribution in [0.25, 0.3) is 0 Å². The van der Waals surface area contributed by atoms with Gasteiger partial charge in [-0.25, -0.2) is 0 Å². The van der Waals surface area contributed by atoms with Gasteiger partial charge in [0.1, 0.15) is 10.7 Å². The Morgan fingerprint density at radius 1 is 1.05 bits per heavy atom. The lowest BCUT2D eigenvalue weighted by Crippen LogP contribution is -2.28. The molecule has 0 fully saturated rings. The topological polar surface area (TPSA) is 87.6 Å². The van der Waals surface area contributed by atoms with Crippen molar-refractivity contribution in [3.8, 4) is 0 Å². The van der Waals surface area contributed by atoms with E-state index in [0.717, 1.165) is 23.3 Å². The SMILES string of the molecule is C=C(NC(=O)c1ccc(CNC2=C(Cl)C(=O)c3ccccc3C2=O)cc1)C(/C=C\C(C)CC)=C(/C)N=CC.CC. The Balaban J connectivity index is 0.00000274. The zero-order chi connectivity index (χ0) is 29.8. The zero-order valence-electron chi connectivity index (χ0n) is 24.1. The summed E-state index contributed by atoms with van der Waals surface area (Å²) in [6, 6.07) is 13.5. The predicted octanol–water partition coefficient (Wildman–Crippen LogP) is 7.54. The van der Waals surface area contributed by atoms with Crippen molar-refractivity contribution in [3.05, 3.63) is 117 Å². The standard InChI is InChI=1S/C31H32ClN3O3.C2H6/c1-6-19(3)12-17-24(20(4)33-7-2)21(5)35-31(38)23-15-13-22(14-16-23)18-34-28-27(32)29(36)25-10-8-9-11-26(25)30(28)37;1-2/h7-17,19,34H,5-6,18H2,1-4H3,(H,35,38);1-2H3/b17-12-,24-20-,33-7?;. The van der Waals surface area contributed by atoms with Crippen LogP contribution >= 0.6 is 11.6 Å². The van der Waals surface area contributed by atoms with Gasteiger partial charge in [0, 0.05) is 46.4 Å². The predicted molar refractivity (Wildman–Crippen MR) is 165 cm³/mol. The third-order valence-corrected chi connectivity index (χ3v) is 6.65. The fraction of sp³-hybridized carbons (Fsp3) is 0.273. The maximum absolute atomic E-state index is 12.9. The molecular formula is C33H38ClN3O3. The van der Waals surface area contributed by atoms with Gasteiger partial charge in [0.05, 0.1) is 0 Å². The quantitative estimate of drug-likeness (QED) is 0.232. The van der Waals surface area contributed by atoms with E-state index in [0.29, 0.717) is 28.3 Å². The van der Waals surface area contributed by atoms with Crippen molar-refractivity contribution in [1.82, 2.24) is 10.6 Å². The maximum Gasteiger partial charge on any atom is 0.255 e. The van der Waals surface area contributed by atoms with Crippen LogP contribution in [0.2, 0.25) is 0 Å². The molecule has 3 rings (SSSR count). The Hall–Kier alpha value is -4.03. The van der Waals surface area contributed by atoms with Gasteiger partial charge in [0.15, 0.2) is 0 Å². The second kappa shape index (κ2) is 15.5. The van der Waals surface area contributed by atoms with Crippen LogP contribution in [0.15, 0.2) is 100.0 Å². The summed E-state index contributed by atoms with van der Waals surface area (Å²) in [5.74, 6) is -0.624. The van der Waals surface area contributed by atoms with E-state index in [-0.39, 0.29) is 34.7 Å². The number of nitrogens with zero attached hydrogens (tertiary/aromatic N) is 1. The average Bonchev–Trinajstić information content (AvgIpc) is 2.97. The summed E-state index contributed by atoms with van der Waals surface area (Å²) in [7, 11) is 0. The van der Waals surface area contributed by atoms with Crippen molar-refractivity contribution in [2.75, 3.05) is 0 Å². The number of halogens is 1. The van der Waals surface area contributed by atoms with E-state index in [1.807, 2.05) is 33.8 Å². The van der Waals surface area contributed by atoms with Gasteiger partial charge < -0.3 is 10.6 Å². The minimum atomic E-state index is -0.385. The molecule has 1 unspecified atom stereocenters. The summed E-state index contributed by atoms with van der Waals surface area (Å²) in [5.41, 5.74) is 3.93. The number of carbonyl (C=O) groups excluding carboxylic acids is 3. The molecule has 0 heterocycles. The van der Waals surface area contributed by atoms with E-state index in [1.165, 1.54) is 0 Å². The van der Waals surface area contributed by atoms with Gasteiger partial charge in [-0.1, -0.05) is 101 Å². The zero-order valence-corrected chi connectivity index (χ0v) is 24.9. The number of allylic oxidation sites excluding steroid dienone is 5. The smallest absolute Gasteiger partial charge is 0.255 e. The van der Waals surface area contributed by atoms with E-state index >= 15 is 0 Å². The number of fused-ring (bicyclic) bond motifs is 1. The third kappa shape index (κ3) is 7.99. The molecule has 1 aliphatic carbocycles. The highest BCUT2D eigenvalue weighted by atomic mass is 35.5. The van der Waals surface area contributed by atoms with Gasteiger partial charge in [0.25, 0.3) is 5.91 Å². The van der Waals surface area contributed by atoms with Crippen LogP contribution in [0.1, 0.15) is 84.6 Å². The second-order valence-electron chi connectivity index (χ2n) is 9.01. The summed E-state index contributed by atoms with van der Waals surface area (Å²) < 4.78 is 0. The molecule has 2 aromatic carbocycles. The first-order chi connectivity index (χ1) is 19.2. The molecule has 7 heteroatoms. The first kappa shape index (κ1) is 32.2. The van der Waals surface area contributed by atoms with Crippen LogP contribution in [-0.4, -0.2) is 23.7 Å². The Morgan fingerprint density at radius 3 is 2.23 bits per heavy atom. The van der Waals surface area contributed by atoms with Crippen LogP contribution in [0, 0.1) is 5.92 Å². The van der Waals surface area contributed by atoms with Crippen LogP contribution < -0.4 is 10.6 Å². The summed E-state index contributed by atoms with van der Waals surface area (Å²) in [6.07, 6.45) is 6.73. The van der Waals surface area contributed by atoms with E-state index in [4.69, 9.17) is 11.6 Å². The summed E-state index contributed by atoms with van der Waals surface area (Å²) in [6.45, 7) is 16.3. The van der Waals surface area contributed by atoms with E-state index in [2.05, 4.69) is 42.1 Å². The fourth-order valence-corrected chi connectivity index (χ4v) is 4.10. The molecule has 0 saturated carbocycles. The van der Waals surface area contributed by atoms with Crippen molar-refractivity contribution in [2.45, 2.75) is 54.5 Å². The van der Waals surface area contributed by atoms with E-state index in [9.17, 15) is 14.4 Å². The molecule has 0 saturated heterocycles. The summed E-state index contributed by atoms with van der Waals surface area (Å²) in [4.78, 5) is 42.7. The van der Waals surface area contributed by atoms with Crippen molar-refractivity contribution >= 4 is 35.3 Å². The van der Waals surface area contributed by atoms with Crippen molar-refractivity contribution in [2.24, 2.45) is 10.9 Å². The van der Waals surface area contributed by atoms with E-state index < -0.39 is 0 Å². The number of ketones is 2. The number of Topliss-reactive ketones (excluding diaryl/α,β-unsaturated/α-hetero) is 2. The molecule has 1 atom stereocenters. The fourth-order valence-electron chi connectivity index (χ4n) is 3.84. The number of benzene rings is 2. The lowest BCUT2D eigenvalue weighted by atomic mass is 9.92. The molecule has 0 radical (unpaired) electrons. The van der Waals surface area contributed by atoms with Gasteiger partial charge in [0.2, 0.25) is 11.6 Å². The first-order valence-corrected chi connectivity index (χ1v) is 13.8. The minimum Gasteiger partial charge on any atom is -0.376 e. The highest BCUT2D eigenvalue weighted by molar-refractivity contribution is 6.49. The summed E-state index contributed by atoms with van der Waals surface area (Å²) in [5, 5.41) is 5.73. The van der Waals surface area contributed by atoms with Crippen LogP contribution in [0.3, 0.4) is 0 Å². The lowest BCUT2D eigenvalue weighted by Gasteiger charge is -2.19. The Labute approximate surface area is 242 Å². The van der Waals surface area contributed by atoms with Gasteiger partial charge in [-0.2, -0.15) is 0 Å². The molecule has 1 aliphatic rings. The van der Waals surface area contributed by atoms with Crippen molar-refractivity contribution < 1.29 is 14.4 Å². The minimum absolute atomic E-state index is 0.0726. The normalized spacial score (nSPS) is 14.4. The monoisotopic (exact) mass is 559 g/mol. The number of aliphatic imine (C=N–C) groups is 1.